The summed E-state index contributed by atoms with van der Waals surface area (Å²) in [5.41, 5.74) is 1.06. The van der Waals surface area contributed by atoms with Gasteiger partial charge in [0, 0.05) is 0 Å². The number of nitrogens with zero attached hydrogens (tertiary/aromatic N) is 1. The van der Waals surface area contributed by atoms with E-state index in [0.29, 0.717) is 0 Å². The van der Waals surface area contributed by atoms with Gasteiger partial charge in [0.2, 0.25) is 0 Å². The molecular formula is C8H5FGeN. The Hall–Kier alpha value is -0.767. The van der Waals surface area contributed by atoms with Crippen molar-refractivity contribution in [2.24, 2.45) is 0 Å². The van der Waals surface area contributed by atoms with E-state index in [1.54, 1.807) is 6.07 Å². The first-order valence-corrected chi connectivity index (χ1v) is 4.19. The van der Waals surface area contributed by atoms with Crippen LogP contribution in [0.25, 0.3) is 10.9 Å². The van der Waals surface area contributed by atoms with Crippen LogP contribution in [0.5, 0.6) is 0 Å². The van der Waals surface area contributed by atoms with Crippen molar-refractivity contribution in [3.63, 3.8) is 0 Å². The SMILES string of the molecule is Fc1ccc2c(cc[n]2[Ge])c1. The van der Waals surface area contributed by atoms with Gasteiger partial charge in [-0.1, -0.05) is 0 Å². The predicted octanol–water partition coefficient (Wildman–Crippen LogP) is 1.71. The Morgan fingerprint density at radius 1 is 1.27 bits per heavy atom. The van der Waals surface area contributed by atoms with Gasteiger partial charge in [0.05, 0.1) is 0 Å². The van der Waals surface area contributed by atoms with E-state index < -0.39 is 0 Å². The molecule has 0 aliphatic carbocycles. The van der Waals surface area contributed by atoms with Crippen LogP contribution in [0.4, 0.5) is 4.39 Å². The summed E-state index contributed by atoms with van der Waals surface area (Å²) in [6.07, 6.45) is 1.92. The predicted molar refractivity (Wildman–Crippen MR) is 43.0 cm³/mol. The first-order chi connectivity index (χ1) is 5.27. The van der Waals surface area contributed by atoms with Crippen LogP contribution >= 0.6 is 0 Å². The Kier molecular flexibility index (Phi) is 1.49. The van der Waals surface area contributed by atoms with E-state index in [4.69, 9.17) is 0 Å². The molecule has 2 aromatic rings. The molecule has 0 saturated heterocycles. The molecule has 11 heavy (non-hydrogen) atoms. The molecule has 1 aromatic carbocycles. The Morgan fingerprint density at radius 3 is 2.91 bits per heavy atom. The van der Waals surface area contributed by atoms with E-state index in [-0.39, 0.29) is 5.82 Å². The van der Waals surface area contributed by atoms with Gasteiger partial charge in [-0.2, -0.15) is 0 Å². The summed E-state index contributed by atoms with van der Waals surface area (Å²) in [6.45, 7) is 0. The van der Waals surface area contributed by atoms with Gasteiger partial charge in [-0.25, -0.2) is 0 Å². The topological polar surface area (TPSA) is 4.93 Å². The molecule has 0 N–H and O–H groups in total. The van der Waals surface area contributed by atoms with Crippen molar-refractivity contribution in [1.29, 1.82) is 0 Å². The van der Waals surface area contributed by atoms with Gasteiger partial charge in [-0.15, -0.1) is 0 Å². The molecule has 0 fully saturated rings. The number of halogens is 1. The van der Waals surface area contributed by atoms with Gasteiger partial charge in [0.15, 0.2) is 0 Å². The van der Waals surface area contributed by atoms with Crippen molar-refractivity contribution in [1.82, 2.24) is 3.52 Å². The Morgan fingerprint density at radius 2 is 2.09 bits per heavy atom. The zero-order valence-electron chi connectivity index (χ0n) is 5.71. The Labute approximate surface area is 72.3 Å². The molecule has 0 aliphatic rings. The second kappa shape index (κ2) is 2.37. The van der Waals surface area contributed by atoms with Gasteiger partial charge in [-0.05, 0) is 0 Å². The summed E-state index contributed by atoms with van der Waals surface area (Å²) in [6, 6.07) is 6.70. The second-order valence-corrected chi connectivity index (χ2v) is 3.40. The molecule has 0 aliphatic heterocycles. The first-order valence-electron chi connectivity index (χ1n) is 3.25. The quantitative estimate of drug-likeness (QED) is 0.579. The van der Waals surface area contributed by atoms with E-state index in [0.717, 1.165) is 10.9 Å². The van der Waals surface area contributed by atoms with Gasteiger partial charge in [0.25, 0.3) is 0 Å². The van der Waals surface area contributed by atoms with Gasteiger partial charge >= 0.3 is 71.8 Å². The molecule has 0 unspecified atom stereocenters. The summed E-state index contributed by atoms with van der Waals surface area (Å²) < 4.78 is 14.6. The summed E-state index contributed by atoms with van der Waals surface area (Å²) in [5, 5.41) is 0.951. The van der Waals surface area contributed by atoms with Crippen LogP contribution in [0.2, 0.25) is 0 Å². The number of benzene rings is 1. The number of aromatic nitrogens is 1. The van der Waals surface area contributed by atoms with Crippen LogP contribution in [0.1, 0.15) is 0 Å². The fraction of sp³-hybridized carbons (Fsp3) is 0. The number of hydrogen-bond acceptors (Lipinski definition) is 0. The van der Waals surface area contributed by atoms with Crippen molar-refractivity contribution in [3.05, 3.63) is 36.3 Å². The van der Waals surface area contributed by atoms with E-state index in [1.165, 1.54) is 12.1 Å². The second-order valence-electron chi connectivity index (χ2n) is 2.39. The van der Waals surface area contributed by atoms with Crippen LogP contribution in [0, 0.1) is 5.82 Å². The third kappa shape index (κ3) is 1.07. The van der Waals surface area contributed by atoms with Gasteiger partial charge < -0.3 is 0 Å². The number of hydrogen-bond donors (Lipinski definition) is 0. The minimum absolute atomic E-state index is 0.177. The molecule has 2 rings (SSSR count). The summed E-state index contributed by atoms with van der Waals surface area (Å²) >= 11 is 1.94. The molecular weight excluding hydrogens is 202 g/mol. The van der Waals surface area contributed by atoms with E-state index >= 15 is 0 Å². The molecule has 3 heteroatoms. The Balaban J connectivity index is 2.86. The monoisotopic (exact) mass is 208 g/mol. The van der Waals surface area contributed by atoms with Gasteiger partial charge in [-0.3, -0.25) is 0 Å². The van der Waals surface area contributed by atoms with Crippen LogP contribution in [0.3, 0.4) is 0 Å². The molecule has 1 nitrogen and oxygen atoms in total. The minimum atomic E-state index is -0.177. The average molecular weight is 207 g/mol. The fourth-order valence-corrected chi connectivity index (χ4v) is 1.70. The zero-order valence-corrected chi connectivity index (χ0v) is 7.81. The van der Waals surface area contributed by atoms with Crippen LogP contribution in [-0.4, -0.2) is 20.3 Å². The average Bonchev–Trinajstić information content (AvgIpc) is 2.32. The van der Waals surface area contributed by atoms with Gasteiger partial charge in [0.1, 0.15) is 0 Å². The molecule has 3 radical (unpaired) electrons. The number of rotatable bonds is 0. The van der Waals surface area contributed by atoms with Crippen LogP contribution in [0.15, 0.2) is 30.5 Å². The molecule has 53 valence electrons. The number of fused-ring (bicyclic) bond motifs is 1. The third-order valence-corrected chi connectivity index (χ3v) is 2.47. The molecule has 0 amide bonds. The molecule has 1 heterocycles. The molecule has 0 saturated carbocycles. The summed E-state index contributed by atoms with van der Waals surface area (Å²) in [7, 11) is 0. The molecule has 0 bridgehead atoms. The normalized spacial score (nSPS) is 10.7. The zero-order chi connectivity index (χ0) is 7.84. The van der Waals surface area contributed by atoms with Crippen molar-refractivity contribution < 1.29 is 4.39 Å². The van der Waals surface area contributed by atoms with Crippen molar-refractivity contribution in [2.75, 3.05) is 0 Å². The van der Waals surface area contributed by atoms with Crippen LogP contribution < -0.4 is 0 Å². The summed E-state index contributed by atoms with van der Waals surface area (Å²) in [4.78, 5) is 0. The van der Waals surface area contributed by atoms with E-state index in [1.807, 2.05) is 32.5 Å². The fourth-order valence-electron chi connectivity index (χ4n) is 1.11. The van der Waals surface area contributed by atoms with Crippen LogP contribution in [-0.2, 0) is 0 Å². The molecule has 0 atom stereocenters. The summed E-state index contributed by atoms with van der Waals surface area (Å²) in [5.74, 6) is -0.177. The van der Waals surface area contributed by atoms with Crippen molar-refractivity contribution in [2.45, 2.75) is 0 Å². The van der Waals surface area contributed by atoms with E-state index in [2.05, 4.69) is 0 Å². The van der Waals surface area contributed by atoms with Crippen molar-refractivity contribution in [3.8, 4) is 0 Å². The maximum atomic E-state index is 12.6. The molecule has 0 spiro atoms. The molecule has 1 aromatic heterocycles. The Bertz CT molecular complexity index is 394. The third-order valence-electron chi connectivity index (χ3n) is 1.65. The van der Waals surface area contributed by atoms with E-state index in [9.17, 15) is 4.39 Å². The van der Waals surface area contributed by atoms with Crippen molar-refractivity contribution >= 4 is 27.6 Å². The maximum absolute atomic E-state index is 12.6. The first kappa shape index (κ1) is 6.91. The standard InChI is InChI=1S/C8H5FGeN/c9-7-1-2-8-6(5-7)3-4-11(8)10/h1-5H.